The van der Waals surface area contributed by atoms with Crippen molar-refractivity contribution in [1.29, 1.82) is 0 Å². The van der Waals surface area contributed by atoms with Gasteiger partial charge in [0.25, 0.3) is 0 Å². The molecule has 0 spiro atoms. The lowest BCUT2D eigenvalue weighted by atomic mass is 9.91. The minimum absolute atomic E-state index is 0.108. The molecule has 2 aliphatic rings. The van der Waals surface area contributed by atoms with E-state index in [4.69, 9.17) is 0 Å². The Bertz CT molecular complexity index is 671. The molecule has 0 aliphatic carbocycles. The van der Waals surface area contributed by atoms with Gasteiger partial charge < -0.3 is 9.80 Å². The number of benzene rings is 1. The number of hydrogen-bond donors (Lipinski definition) is 0. The highest BCUT2D eigenvalue weighted by molar-refractivity contribution is 5.58. The molecule has 31 heavy (non-hydrogen) atoms. The van der Waals surface area contributed by atoms with E-state index in [9.17, 15) is 13.2 Å². The van der Waals surface area contributed by atoms with Crippen LogP contribution in [0.25, 0.3) is 0 Å². The highest BCUT2D eigenvalue weighted by Crippen LogP contribution is 2.39. The molecule has 1 atom stereocenters. The van der Waals surface area contributed by atoms with Gasteiger partial charge in [-0.2, -0.15) is 8.78 Å². The van der Waals surface area contributed by atoms with Crippen LogP contribution in [0.15, 0.2) is 18.2 Å². The van der Waals surface area contributed by atoms with Crippen molar-refractivity contribution in [3.05, 3.63) is 29.3 Å². The number of hydrogen-bond acceptors (Lipinski definition) is 2. The molecule has 0 N–H and O–H groups in total. The molecular formula is C26H41F3N2. The first-order valence-corrected chi connectivity index (χ1v) is 12.6. The molecule has 1 aromatic carbocycles. The number of likely N-dealkylation sites (tertiary alicyclic amines) is 1. The lowest BCUT2D eigenvalue weighted by Crippen LogP contribution is -2.37. The fourth-order valence-electron chi connectivity index (χ4n) is 5.18. The second-order valence-corrected chi connectivity index (χ2v) is 9.59. The Hall–Kier alpha value is -1.23. The third-order valence-corrected chi connectivity index (χ3v) is 7.20. The predicted molar refractivity (Wildman–Crippen MR) is 124 cm³/mol. The summed E-state index contributed by atoms with van der Waals surface area (Å²) in [5.74, 6) is -2.52. The summed E-state index contributed by atoms with van der Waals surface area (Å²) in [4.78, 5) is 4.82. The number of fused-ring (bicyclic) bond motifs is 1. The lowest BCUT2D eigenvalue weighted by molar-refractivity contribution is -0.0817. The third kappa shape index (κ3) is 6.40. The Balaban J connectivity index is 1.55. The first-order chi connectivity index (χ1) is 15.0. The molecule has 2 heterocycles. The number of alkyl halides is 3. The number of nitrogens with zero attached hydrogens (tertiary/aromatic N) is 2. The zero-order valence-electron chi connectivity index (χ0n) is 19.5. The Morgan fingerprint density at radius 1 is 1.03 bits per heavy atom. The van der Waals surface area contributed by atoms with Crippen LogP contribution in [0.5, 0.6) is 0 Å². The lowest BCUT2D eigenvalue weighted by Gasteiger charge is -2.35. The van der Waals surface area contributed by atoms with E-state index in [0.29, 0.717) is 6.42 Å². The minimum atomic E-state index is -3.42. The normalized spacial score (nSPS) is 19.5. The Kier molecular flexibility index (Phi) is 9.12. The van der Waals surface area contributed by atoms with Gasteiger partial charge in [0.2, 0.25) is 0 Å². The maximum Gasteiger partial charge on any atom is 0.303 e. The van der Waals surface area contributed by atoms with Gasteiger partial charge in [0.1, 0.15) is 0 Å². The van der Waals surface area contributed by atoms with Crippen molar-refractivity contribution < 1.29 is 13.2 Å². The van der Waals surface area contributed by atoms with Crippen molar-refractivity contribution in [2.24, 2.45) is 5.92 Å². The van der Waals surface area contributed by atoms with E-state index in [-0.39, 0.29) is 12.0 Å². The molecule has 0 bridgehead atoms. The molecule has 1 unspecified atom stereocenters. The maximum absolute atomic E-state index is 14.6. The van der Waals surface area contributed by atoms with Crippen molar-refractivity contribution >= 4 is 5.69 Å². The van der Waals surface area contributed by atoms with Crippen molar-refractivity contribution in [2.45, 2.75) is 90.1 Å². The minimum Gasteiger partial charge on any atom is -0.371 e. The summed E-state index contributed by atoms with van der Waals surface area (Å²) in [6.45, 7) is 9.24. The second kappa shape index (κ2) is 11.6. The Labute approximate surface area is 187 Å². The second-order valence-electron chi connectivity index (χ2n) is 9.59. The highest BCUT2D eigenvalue weighted by atomic mass is 19.3. The van der Waals surface area contributed by atoms with Gasteiger partial charge in [0, 0.05) is 24.3 Å². The zero-order valence-corrected chi connectivity index (χ0v) is 19.5. The summed E-state index contributed by atoms with van der Waals surface area (Å²) in [7, 11) is 0. The van der Waals surface area contributed by atoms with Crippen molar-refractivity contribution in [2.75, 3.05) is 37.6 Å². The van der Waals surface area contributed by atoms with Crippen LogP contribution >= 0.6 is 0 Å². The first kappa shape index (κ1) is 24.4. The molecule has 3 rings (SSSR count). The van der Waals surface area contributed by atoms with Gasteiger partial charge >= 0.3 is 5.92 Å². The molecule has 1 fully saturated rings. The van der Waals surface area contributed by atoms with Crippen LogP contribution in [0, 0.1) is 5.92 Å². The first-order valence-electron chi connectivity index (χ1n) is 12.6. The van der Waals surface area contributed by atoms with E-state index in [1.54, 1.807) is 19.1 Å². The number of aryl methyl sites for hydroxylation is 1. The molecule has 1 aromatic rings. The van der Waals surface area contributed by atoms with Crippen LogP contribution in [-0.2, 0) is 12.3 Å². The van der Waals surface area contributed by atoms with Gasteiger partial charge in [-0.05, 0) is 75.7 Å². The standard InChI is InChI=1S/C26H41F3N2/c1-3-5-9-21-13-18-30(19-14-21)15-7-17-31-16-6-10-22-11-12-23(20-24(22)31)26(28,29)25(27)8-4-2/h11-12,20-21,25H,3-10,13-19H2,1-2H3. The summed E-state index contributed by atoms with van der Waals surface area (Å²) in [5, 5.41) is 0. The number of rotatable bonds is 11. The fraction of sp³-hybridized carbons (Fsp3) is 0.769. The zero-order chi connectivity index (χ0) is 22.3. The monoisotopic (exact) mass is 438 g/mol. The topological polar surface area (TPSA) is 6.48 Å². The fourth-order valence-corrected chi connectivity index (χ4v) is 5.18. The summed E-state index contributed by atoms with van der Waals surface area (Å²) in [6.07, 6.45) is 7.84. The SMILES string of the molecule is CCCCC1CCN(CCCN2CCCc3ccc(C(F)(F)C(F)CCC)cc32)CC1. The van der Waals surface area contributed by atoms with Crippen LogP contribution in [0.2, 0.25) is 0 Å². The molecule has 2 nitrogen and oxygen atoms in total. The van der Waals surface area contributed by atoms with Gasteiger partial charge in [-0.25, -0.2) is 4.39 Å². The van der Waals surface area contributed by atoms with Gasteiger partial charge in [0.15, 0.2) is 6.17 Å². The molecule has 176 valence electrons. The quantitative estimate of drug-likeness (QED) is 0.368. The van der Waals surface area contributed by atoms with Crippen LogP contribution in [0.4, 0.5) is 18.9 Å². The molecule has 0 radical (unpaired) electrons. The number of piperidine rings is 1. The molecule has 0 aromatic heterocycles. The Morgan fingerprint density at radius 2 is 1.81 bits per heavy atom. The van der Waals surface area contributed by atoms with E-state index in [0.717, 1.165) is 56.1 Å². The van der Waals surface area contributed by atoms with E-state index in [1.165, 1.54) is 51.3 Å². The highest BCUT2D eigenvalue weighted by Gasteiger charge is 2.42. The summed E-state index contributed by atoms with van der Waals surface area (Å²) < 4.78 is 43.4. The van der Waals surface area contributed by atoms with Crippen LogP contribution < -0.4 is 4.90 Å². The molecule has 2 aliphatic heterocycles. The van der Waals surface area contributed by atoms with Crippen molar-refractivity contribution in [3.8, 4) is 0 Å². The predicted octanol–water partition coefficient (Wildman–Crippen LogP) is 6.96. The summed E-state index contributed by atoms with van der Waals surface area (Å²) in [6, 6.07) is 4.80. The van der Waals surface area contributed by atoms with E-state index >= 15 is 0 Å². The van der Waals surface area contributed by atoms with E-state index in [1.807, 2.05) is 0 Å². The summed E-state index contributed by atoms with van der Waals surface area (Å²) in [5.41, 5.74) is 1.84. The van der Waals surface area contributed by atoms with Gasteiger partial charge in [-0.15, -0.1) is 0 Å². The number of anilines is 1. The van der Waals surface area contributed by atoms with E-state index in [2.05, 4.69) is 16.7 Å². The number of unbranched alkanes of at least 4 members (excludes halogenated alkanes) is 1. The third-order valence-electron chi connectivity index (χ3n) is 7.20. The summed E-state index contributed by atoms with van der Waals surface area (Å²) >= 11 is 0. The average Bonchev–Trinajstić information content (AvgIpc) is 2.78. The van der Waals surface area contributed by atoms with Crippen molar-refractivity contribution in [1.82, 2.24) is 4.90 Å². The van der Waals surface area contributed by atoms with E-state index < -0.39 is 12.1 Å². The van der Waals surface area contributed by atoms with Crippen LogP contribution in [0.1, 0.15) is 82.8 Å². The molecule has 0 amide bonds. The number of halogens is 3. The van der Waals surface area contributed by atoms with Gasteiger partial charge in [0.05, 0.1) is 0 Å². The smallest absolute Gasteiger partial charge is 0.303 e. The average molecular weight is 439 g/mol. The van der Waals surface area contributed by atoms with Gasteiger partial charge in [-0.1, -0.05) is 51.7 Å². The maximum atomic E-state index is 14.6. The van der Waals surface area contributed by atoms with Crippen molar-refractivity contribution in [3.63, 3.8) is 0 Å². The largest absolute Gasteiger partial charge is 0.371 e. The molecule has 1 saturated heterocycles. The molecule has 0 saturated carbocycles. The molecule has 5 heteroatoms. The van der Waals surface area contributed by atoms with Crippen LogP contribution in [0.3, 0.4) is 0 Å². The Morgan fingerprint density at radius 3 is 2.52 bits per heavy atom. The van der Waals surface area contributed by atoms with Gasteiger partial charge in [-0.3, -0.25) is 0 Å². The molecular weight excluding hydrogens is 397 g/mol. The van der Waals surface area contributed by atoms with Crippen LogP contribution in [-0.4, -0.2) is 43.8 Å².